The van der Waals surface area contributed by atoms with Gasteiger partial charge in [0, 0.05) is 29.0 Å². The van der Waals surface area contributed by atoms with Crippen molar-refractivity contribution in [3.8, 4) is 5.75 Å². The van der Waals surface area contributed by atoms with Gasteiger partial charge in [0.2, 0.25) is 5.91 Å². The van der Waals surface area contributed by atoms with Gasteiger partial charge in [0.25, 0.3) is 0 Å². The van der Waals surface area contributed by atoms with Crippen LogP contribution in [0.15, 0.2) is 48.5 Å². The number of phenols is 1. The van der Waals surface area contributed by atoms with Crippen LogP contribution in [-0.4, -0.2) is 17.1 Å². The van der Waals surface area contributed by atoms with Crippen molar-refractivity contribution in [2.45, 2.75) is 50.5 Å². The van der Waals surface area contributed by atoms with Crippen LogP contribution in [0.1, 0.15) is 55.6 Å². The molecule has 1 unspecified atom stereocenters. The largest absolute Gasteiger partial charge is 0.508 e. The van der Waals surface area contributed by atoms with Gasteiger partial charge in [-0.2, -0.15) is 0 Å². The van der Waals surface area contributed by atoms with Crippen LogP contribution in [0.4, 0.5) is 0 Å². The van der Waals surface area contributed by atoms with Gasteiger partial charge in [-0.05, 0) is 36.6 Å². The van der Waals surface area contributed by atoms with Crippen molar-refractivity contribution in [1.29, 1.82) is 0 Å². The molecule has 1 aliphatic rings. The number of nitrogens with one attached hydrogen (secondary N) is 1. The van der Waals surface area contributed by atoms with E-state index in [4.69, 9.17) is 11.6 Å². The Balaban J connectivity index is 1.81. The summed E-state index contributed by atoms with van der Waals surface area (Å²) in [7, 11) is 0. The van der Waals surface area contributed by atoms with E-state index in [1.54, 1.807) is 18.2 Å². The second-order valence-electron chi connectivity index (χ2n) is 6.77. The number of halogens is 1. The van der Waals surface area contributed by atoms with E-state index >= 15 is 0 Å². The number of amides is 1. The fraction of sp³-hybridized carbons (Fsp3) is 0.381. The number of rotatable bonds is 5. The van der Waals surface area contributed by atoms with Crippen molar-refractivity contribution in [2.24, 2.45) is 0 Å². The zero-order chi connectivity index (χ0) is 17.6. The second kappa shape index (κ2) is 8.39. The molecule has 132 valence electrons. The van der Waals surface area contributed by atoms with E-state index in [1.165, 1.54) is 19.3 Å². The highest BCUT2D eigenvalue weighted by atomic mass is 35.5. The number of carbonyl (C=O) groups excluding carboxylic acids is 1. The molecule has 0 aromatic heterocycles. The standard InChI is InChI=1S/C21H24ClNO2/c22-16-11-12-20(24)19(13-16)18(15-7-3-1-4-8-15)14-21(25)23-17-9-5-2-6-10-17/h1,3-4,7-8,11-13,17-18,24H,2,5-6,9-10,14H2,(H,23,25). The van der Waals surface area contributed by atoms with Crippen molar-refractivity contribution >= 4 is 17.5 Å². The summed E-state index contributed by atoms with van der Waals surface area (Å²) >= 11 is 6.13. The quantitative estimate of drug-likeness (QED) is 0.789. The topological polar surface area (TPSA) is 49.3 Å². The summed E-state index contributed by atoms with van der Waals surface area (Å²) in [5, 5.41) is 14.0. The Morgan fingerprint density at radius 1 is 1.12 bits per heavy atom. The molecule has 3 nitrogen and oxygen atoms in total. The average Bonchev–Trinajstić information content (AvgIpc) is 2.63. The smallest absolute Gasteiger partial charge is 0.221 e. The van der Waals surface area contributed by atoms with Gasteiger partial charge in [-0.1, -0.05) is 61.2 Å². The molecule has 2 N–H and O–H groups in total. The van der Waals surface area contributed by atoms with Crippen molar-refractivity contribution in [2.75, 3.05) is 0 Å². The van der Waals surface area contributed by atoms with Crippen molar-refractivity contribution in [1.82, 2.24) is 5.32 Å². The predicted molar refractivity (Wildman–Crippen MR) is 101 cm³/mol. The lowest BCUT2D eigenvalue weighted by molar-refractivity contribution is -0.122. The normalized spacial score (nSPS) is 16.4. The summed E-state index contributed by atoms with van der Waals surface area (Å²) in [5.41, 5.74) is 1.69. The number of phenolic OH excluding ortho intramolecular Hbond substituents is 1. The summed E-state index contributed by atoms with van der Waals surface area (Å²) in [6.45, 7) is 0. The van der Waals surface area contributed by atoms with E-state index in [0.717, 1.165) is 18.4 Å². The summed E-state index contributed by atoms with van der Waals surface area (Å²) in [6, 6.07) is 15.1. The summed E-state index contributed by atoms with van der Waals surface area (Å²) in [5.74, 6) is -0.0210. The minimum atomic E-state index is -0.219. The van der Waals surface area contributed by atoms with E-state index in [-0.39, 0.29) is 23.6 Å². The molecule has 1 atom stereocenters. The molecule has 1 aliphatic carbocycles. The third kappa shape index (κ3) is 4.76. The number of benzene rings is 2. The van der Waals surface area contributed by atoms with Gasteiger partial charge in [0.15, 0.2) is 0 Å². The van der Waals surface area contributed by atoms with Crippen LogP contribution in [0.5, 0.6) is 5.75 Å². The molecule has 0 aliphatic heterocycles. The Kier molecular flexibility index (Phi) is 5.98. The molecule has 1 fully saturated rings. The molecule has 1 amide bonds. The molecule has 1 saturated carbocycles. The lowest BCUT2D eigenvalue weighted by Gasteiger charge is -2.25. The summed E-state index contributed by atoms with van der Waals surface area (Å²) < 4.78 is 0. The molecular weight excluding hydrogens is 334 g/mol. The van der Waals surface area contributed by atoms with Gasteiger partial charge in [0.05, 0.1) is 0 Å². The molecule has 0 spiro atoms. The summed E-state index contributed by atoms with van der Waals surface area (Å²) in [6.07, 6.45) is 6.04. The van der Waals surface area contributed by atoms with Crippen LogP contribution in [-0.2, 0) is 4.79 Å². The molecule has 25 heavy (non-hydrogen) atoms. The molecule has 0 heterocycles. The Hall–Kier alpha value is -2.00. The zero-order valence-electron chi connectivity index (χ0n) is 14.2. The monoisotopic (exact) mass is 357 g/mol. The van der Waals surface area contributed by atoms with Crippen LogP contribution < -0.4 is 5.32 Å². The first kappa shape index (κ1) is 17.8. The molecule has 4 heteroatoms. The lowest BCUT2D eigenvalue weighted by atomic mass is 9.87. The van der Waals surface area contributed by atoms with Gasteiger partial charge in [-0.3, -0.25) is 4.79 Å². The molecule has 2 aromatic rings. The van der Waals surface area contributed by atoms with Gasteiger partial charge in [-0.15, -0.1) is 0 Å². The average molecular weight is 358 g/mol. The number of carbonyl (C=O) groups is 1. The van der Waals surface area contributed by atoms with Crippen LogP contribution in [0.25, 0.3) is 0 Å². The molecule has 0 bridgehead atoms. The maximum Gasteiger partial charge on any atom is 0.221 e. The van der Waals surface area contributed by atoms with Gasteiger partial charge in [0.1, 0.15) is 5.75 Å². The third-order valence-electron chi connectivity index (χ3n) is 4.93. The first-order valence-corrected chi connectivity index (χ1v) is 9.34. The Morgan fingerprint density at radius 2 is 1.84 bits per heavy atom. The highest BCUT2D eigenvalue weighted by molar-refractivity contribution is 6.30. The van der Waals surface area contributed by atoms with Crippen molar-refractivity contribution in [3.63, 3.8) is 0 Å². The fourth-order valence-corrected chi connectivity index (χ4v) is 3.80. The zero-order valence-corrected chi connectivity index (χ0v) is 15.0. The SMILES string of the molecule is O=C(CC(c1ccccc1)c1cc(Cl)ccc1O)NC1CCCCC1. The molecule has 2 aromatic carbocycles. The van der Waals surface area contributed by atoms with Crippen molar-refractivity contribution in [3.05, 3.63) is 64.7 Å². The first-order valence-electron chi connectivity index (χ1n) is 8.96. The fourth-order valence-electron chi connectivity index (χ4n) is 3.62. The van der Waals surface area contributed by atoms with Gasteiger partial charge in [-0.25, -0.2) is 0 Å². The predicted octanol–water partition coefficient (Wildman–Crippen LogP) is 5.02. The first-order chi connectivity index (χ1) is 12.1. The van der Waals surface area contributed by atoms with Gasteiger partial charge < -0.3 is 10.4 Å². The van der Waals surface area contributed by atoms with E-state index in [9.17, 15) is 9.90 Å². The molecule has 0 saturated heterocycles. The molecular formula is C21H24ClNO2. The molecule has 3 rings (SSSR count). The summed E-state index contributed by atoms with van der Waals surface area (Å²) in [4.78, 5) is 12.6. The molecule has 0 radical (unpaired) electrons. The van der Waals surface area contributed by atoms with Crippen LogP contribution in [0.3, 0.4) is 0 Å². The van der Waals surface area contributed by atoms with E-state index in [2.05, 4.69) is 5.32 Å². The van der Waals surface area contributed by atoms with E-state index in [1.807, 2.05) is 30.3 Å². The highest BCUT2D eigenvalue weighted by Gasteiger charge is 2.23. The lowest BCUT2D eigenvalue weighted by Crippen LogP contribution is -2.36. The Morgan fingerprint density at radius 3 is 2.56 bits per heavy atom. The highest BCUT2D eigenvalue weighted by Crippen LogP contribution is 2.35. The van der Waals surface area contributed by atoms with E-state index < -0.39 is 0 Å². The number of hydrogen-bond donors (Lipinski definition) is 2. The third-order valence-corrected chi connectivity index (χ3v) is 5.16. The number of hydrogen-bond acceptors (Lipinski definition) is 2. The van der Waals surface area contributed by atoms with Gasteiger partial charge >= 0.3 is 0 Å². The maximum absolute atomic E-state index is 12.6. The minimum absolute atomic E-state index is 0.0279. The second-order valence-corrected chi connectivity index (χ2v) is 7.21. The Labute approximate surface area is 154 Å². The van der Waals surface area contributed by atoms with Crippen molar-refractivity contribution < 1.29 is 9.90 Å². The maximum atomic E-state index is 12.6. The van der Waals surface area contributed by atoms with Crippen LogP contribution in [0.2, 0.25) is 5.02 Å². The minimum Gasteiger partial charge on any atom is -0.508 e. The number of aromatic hydroxyl groups is 1. The Bertz CT molecular complexity index is 711. The van der Waals surface area contributed by atoms with Crippen LogP contribution >= 0.6 is 11.6 Å². The van der Waals surface area contributed by atoms with Crippen LogP contribution in [0, 0.1) is 0 Å². The van der Waals surface area contributed by atoms with E-state index in [0.29, 0.717) is 17.0 Å².